The fourth-order valence-electron chi connectivity index (χ4n) is 1.45. The maximum Gasteiger partial charge on any atom is 0.125 e. The van der Waals surface area contributed by atoms with Crippen LogP contribution >= 0.6 is 0 Å². The van der Waals surface area contributed by atoms with Crippen LogP contribution in [-0.2, 0) is 0 Å². The number of benzene rings is 1. The van der Waals surface area contributed by atoms with E-state index in [1.165, 1.54) is 12.1 Å². The Balaban J connectivity index is 2.87. The van der Waals surface area contributed by atoms with Gasteiger partial charge in [-0.1, -0.05) is 0 Å². The number of halogens is 1. The fourth-order valence-corrected chi connectivity index (χ4v) is 1.45. The van der Waals surface area contributed by atoms with E-state index < -0.39 is 0 Å². The van der Waals surface area contributed by atoms with Crippen molar-refractivity contribution in [1.82, 2.24) is 0 Å². The monoisotopic (exact) mass is 207 g/mol. The standard InChI is InChI=1S/C11H14FN3/c1-2-15(7-3-6-13)11-5-4-9(12)8-10(11)14/h4-5,8H,2-3,7,14H2,1H3. The molecule has 0 fully saturated rings. The third-order valence-electron chi connectivity index (χ3n) is 2.21. The number of anilines is 2. The highest BCUT2D eigenvalue weighted by molar-refractivity contribution is 5.67. The summed E-state index contributed by atoms with van der Waals surface area (Å²) in [7, 11) is 0. The lowest BCUT2D eigenvalue weighted by Crippen LogP contribution is -2.24. The molecule has 80 valence electrons. The van der Waals surface area contributed by atoms with Crippen LogP contribution in [0.5, 0.6) is 0 Å². The van der Waals surface area contributed by atoms with Gasteiger partial charge in [0.2, 0.25) is 0 Å². The summed E-state index contributed by atoms with van der Waals surface area (Å²) in [6, 6.07) is 6.39. The van der Waals surface area contributed by atoms with Gasteiger partial charge in [-0.25, -0.2) is 4.39 Å². The van der Waals surface area contributed by atoms with Crippen molar-refractivity contribution in [3.05, 3.63) is 24.0 Å². The molecule has 1 aromatic rings. The van der Waals surface area contributed by atoms with E-state index in [0.717, 1.165) is 12.2 Å². The molecule has 0 heterocycles. The first-order chi connectivity index (χ1) is 7.19. The number of nitrogen functional groups attached to an aromatic ring is 1. The second-order valence-electron chi connectivity index (χ2n) is 3.19. The minimum Gasteiger partial charge on any atom is -0.397 e. The van der Waals surface area contributed by atoms with E-state index in [2.05, 4.69) is 6.07 Å². The second kappa shape index (κ2) is 5.20. The summed E-state index contributed by atoms with van der Waals surface area (Å²) in [6.45, 7) is 3.33. The maximum absolute atomic E-state index is 12.8. The van der Waals surface area contributed by atoms with Crippen molar-refractivity contribution >= 4 is 11.4 Å². The molecule has 0 amide bonds. The smallest absolute Gasteiger partial charge is 0.125 e. The number of rotatable bonds is 4. The molecule has 0 saturated heterocycles. The van der Waals surface area contributed by atoms with E-state index in [4.69, 9.17) is 11.0 Å². The largest absolute Gasteiger partial charge is 0.397 e. The molecule has 0 unspecified atom stereocenters. The molecular weight excluding hydrogens is 193 g/mol. The van der Waals surface area contributed by atoms with Gasteiger partial charge in [0, 0.05) is 13.1 Å². The molecular formula is C11H14FN3. The van der Waals surface area contributed by atoms with Crippen LogP contribution in [0.1, 0.15) is 13.3 Å². The molecule has 0 saturated carbocycles. The van der Waals surface area contributed by atoms with Crippen molar-refractivity contribution in [3.8, 4) is 6.07 Å². The molecule has 0 aliphatic heterocycles. The summed E-state index contributed by atoms with van der Waals surface area (Å²) in [5.41, 5.74) is 6.90. The number of nitriles is 1. The van der Waals surface area contributed by atoms with Crippen molar-refractivity contribution in [2.24, 2.45) is 0 Å². The number of nitrogens with two attached hydrogens (primary N) is 1. The molecule has 0 spiro atoms. The van der Waals surface area contributed by atoms with Crippen LogP contribution in [0.3, 0.4) is 0 Å². The average Bonchev–Trinajstić information content (AvgIpc) is 2.21. The summed E-state index contributed by atoms with van der Waals surface area (Å²) < 4.78 is 12.8. The van der Waals surface area contributed by atoms with E-state index in [9.17, 15) is 4.39 Å². The Hall–Kier alpha value is -1.76. The van der Waals surface area contributed by atoms with Crippen LogP contribution in [0.2, 0.25) is 0 Å². The predicted molar refractivity (Wildman–Crippen MR) is 58.9 cm³/mol. The highest BCUT2D eigenvalue weighted by atomic mass is 19.1. The van der Waals surface area contributed by atoms with E-state index in [1.54, 1.807) is 6.07 Å². The normalized spacial score (nSPS) is 9.67. The van der Waals surface area contributed by atoms with Gasteiger partial charge in [-0.2, -0.15) is 5.26 Å². The molecule has 0 aliphatic rings. The van der Waals surface area contributed by atoms with Crippen LogP contribution in [-0.4, -0.2) is 13.1 Å². The molecule has 2 N–H and O–H groups in total. The minimum absolute atomic E-state index is 0.340. The van der Waals surface area contributed by atoms with Gasteiger partial charge in [-0.15, -0.1) is 0 Å². The molecule has 1 aromatic carbocycles. The molecule has 15 heavy (non-hydrogen) atoms. The number of hydrogen-bond donors (Lipinski definition) is 1. The van der Waals surface area contributed by atoms with Gasteiger partial charge < -0.3 is 10.6 Å². The zero-order valence-corrected chi connectivity index (χ0v) is 8.70. The van der Waals surface area contributed by atoms with Gasteiger partial charge in [0.1, 0.15) is 5.82 Å². The van der Waals surface area contributed by atoms with E-state index in [0.29, 0.717) is 18.7 Å². The quantitative estimate of drug-likeness (QED) is 0.769. The summed E-state index contributed by atoms with van der Waals surface area (Å²) in [5, 5.41) is 8.50. The Bertz CT molecular complexity index is 371. The third kappa shape index (κ3) is 2.84. The molecule has 1 rings (SSSR count). The summed E-state index contributed by atoms with van der Waals surface area (Å²) in [5.74, 6) is -0.340. The summed E-state index contributed by atoms with van der Waals surface area (Å²) in [6.07, 6.45) is 0.435. The second-order valence-corrected chi connectivity index (χ2v) is 3.19. The highest BCUT2D eigenvalue weighted by Gasteiger charge is 2.07. The fraction of sp³-hybridized carbons (Fsp3) is 0.364. The lowest BCUT2D eigenvalue weighted by molar-refractivity contribution is 0.628. The van der Waals surface area contributed by atoms with Gasteiger partial charge in [-0.05, 0) is 25.1 Å². The molecule has 0 bridgehead atoms. The van der Waals surface area contributed by atoms with Crippen LogP contribution in [0.15, 0.2) is 18.2 Å². The lowest BCUT2D eigenvalue weighted by Gasteiger charge is -2.23. The summed E-state index contributed by atoms with van der Waals surface area (Å²) >= 11 is 0. The Kier molecular flexibility index (Phi) is 3.92. The molecule has 0 atom stereocenters. The van der Waals surface area contributed by atoms with Crippen LogP contribution in [0, 0.1) is 17.1 Å². The zero-order chi connectivity index (χ0) is 11.3. The molecule has 0 radical (unpaired) electrons. The van der Waals surface area contributed by atoms with Gasteiger partial charge in [-0.3, -0.25) is 0 Å². The van der Waals surface area contributed by atoms with Crippen molar-refractivity contribution in [1.29, 1.82) is 5.26 Å². The van der Waals surface area contributed by atoms with Crippen molar-refractivity contribution in [3.63, 3.8) is 0 Å². The van der Waals surface area contributed by atoms with Crippen LogP contribution in [0.25, 0.3) is 0 Å². The van der Waals surface area contributed by atoms with E-state index in [-0.39, 0.29) is 5.82 Å². The zero-order valence-electron chi connectivity index (χ0n) is 8.70. The SMILES string of the molecule is CCN(CCC#N)c1ccc(F)cc1N. The third-order valence-corrected chi connectivity index (χ3v) is 2.21. The van der Waals surface area contributed by atoms with Crippen molar-refractivity contribution in [2.45, 2.75) is 13.3 Å². The van der Waals surface area contributed by atoms with Gasteiger partial charge in [0.05, 0.1) is 23.9 Å². The molecule has 0 aliphatic carbocycles. The summed E-state index contributed by atoms with van der Waals surface area (Å²) in [4.78, 5) is 1.96. The number of nitrogens with zero attached hydrogens (tertiary/aromatic N) is 2. The Morgan fingerprint density at radius 1 is 1.53 bits per heavy atom. The van der Waals surface area contributed by atoms with Crippen LogP contribution < -0.4 is 10.6 Å². The average molecular weight is 207 g/mol. The Morgan fingerprint density at radius 2 is 2.27 bits per heavy atom. The first-order valence-corrected chi connectivity index (χ1v) is 4.86. The van der Waals surface area contributed by atoms with Crippen LogP contribution in [0.4, 0.5) is 15.8 Å². The van der Waals surface area contributed by atoms with Crippen molar-refractivity contribution < 1.29 is 4.39 Å². The predicted octanol–water partition coefficient (Wildman–Crippen LogP) is 2.15. The molecule has 0 aromatic heterocycles. The van der Waals surface area contributed by atoms with Gasteiger partial charge in [0.15, 0.2) is 0 Å². The maximum atomic E-state index is 12.8. The van der Waals surface area contributed by atoms with Gasteiger partial charge in [0.25, 0.3) is 0 Å². The molecule has 4 heteroatoms. The first kappa shape index (κ1) is 11.3. The van der Waals surface area contributed by atoms with Crippen molar-refractivity contribution in [2.75, 3.05) is 23.7 Å². The van der Waals surface area contributed by atoms with E-state index in [1.807, 2.05) is 11.8 Å². The Morgan fingerprint density at radius 3 is 2.80 bits per heavy atom. The minimum atomic E-state index is -0.340. The number of hydrogen-bond acceptors (Lipinski definition) is 3. The lowest BCUT2D eigenvalue weighted by atomic mass is 10.2. The topological polar surface area (TPSA) is 53.0 Å². The Labute approximate surface area is 88.9 Å². The van der Waals surface area contributed by atoms with Gasteiger partial charge >= 0.3 is 0 Å². The highest BCUT2D eigenvalue weighted by Crippen LogP contribution is 2.23. The molecule has 3 nitrogen and oxygen atoms in total. The first-order valence-electron chi connectivity index (χ1n) is 4.86. The van der Waals surface area contributed by atoms with E-state index >= 15 is 0 Å².